The highest BCUT2D eigenvalue weighted by Gasteiger charge is 2.17. The minimum absolute atomic E-state index is 0.0479. The molecule has 0 saturated heterocycles. The van der Waals surface area contributed by atoms with Crippen molar-refractivity contribution in [1.29, 1.82) is 0 Å². The van der Waals surface area contributed by atoms with Gasteiger partial charge in [-0.2, -0.15) is 5.10 Å². The number of carbonyl (C=O) groups excluding carboxylic acids is 1. The number of hydrogen-bond donors (Lipinski definition) is 2. The average molecular weight is 375 g/mol. The molecule has 8 heteroatoms. The van der Waals surface area contributed by atoms with Gasteiger partial charge >= 0.3 is 5.91 Å². The first kappa shape index (κ1) is 17.6. The second-order valence-electron chi connectivity index (χ2n) is 6.30. The van der Waals surface area contributed by atoms with Gasteiger partial charge in [-0.05, 0) is 18.6 Å². The Morgan fingerprint density at radius 2 is 1.79 bits per heavy atom. The molecule has 0 atom stereocenters. The van der Waals surface area contributed by atoms with Gasteiger partial charge < -0.3 is 10.1 Å². The number of aromatic nitrogens is 3. The van der Waals surface area contributed by atoms with Gasteiger partial charge in [0.15, 0.2) is 11.4 Å². The Morgan fingerprint density at radius 1 is 1.11 bits per heavy atom. The molecule has 0 saturated carbocycles. The maximum atomic E-state index is 12.7. The van der Waals surface area contributed by atoms with Gasteiger partial charge in [0.05, 0.1) is 10.9 Å². The van der Waals surface area contributed by atoms with Gasteiger partial charge in [-0.3, -0.25) is 9.59 Å². The number of fused-ring (bicyclic) bond motifs is 2. The summed E-state index contributed by atoms with van der Waals surface area (Å²) in [6.45, 7) is 2.31. The van der Waals surface area contributed by atoms with Crippen LogP contribution in [-0.4, -0.2) is 25.8 Å². The number of aromatic hydroxyl groups is 1. The minimum atomic E-state index is -0.689. The van der Waals surface area contributed by atoms with Crippen molar-refractivity contribution in [2.24, 2.45) is 10.2 Å². The molecule has 0 aliphatic carbocycles. The molecule has 0 radical (unpaired) electrons. The number of nitrogens with one attached hydrogen (secondary N) is 1. The Balaban J connectivity index is 1.80. The fourth-order valence-corrected chi connectivity index (χ4v) is 3.11. The number of azo groups is 1. The first-order valence-electron chi connectivity index (χ1n) is 8.85. The molecule has 2 aromatic heterocycles. The molecule has 140 valence electrons. The first-order chi connectivity index (χ1) is 13.6. The Kier molecular flexibility index (Phi) is 4.44. The first-order valence-corrected chi connectivity index (χ1v) is 8.85. The second-order valence-corrected chi connectivity index (χ2v) is 6.30. The number of amides is 1. The monoisotopic (exact) mass is 375 g/mol. The van der Waals surface area contributed by atoms with Crippen molar-refractivity contribution in [1.82, 2.24) is 14.8 Å². The summed E-state index contributed by atoms with van der Waals surface area (Å²) in [4.78, 5) is 28.0. The highest BCUT2D eigenvalue weighted by molar-refractivity contribution is 6.05. The normalized spacial score (nSPS) is 11.6. The number of hydrogen-bond acceptors (Lipinski definition) is 5. The van der Waals surface area contributed by atoms with Crippen LogP contribution in [0.4, 0.5) is 5.69 Å². The summed E-state index contributed by atoms with van der Waals surface area (Å²) in [6.07, 6.45) is 0.698. The molecule has 0 bridgehead atoms. The Labute approximate surface area is 159 Å². The van der Waals surface area contributed by atoms with Crippen molar-refractivity contribution in [2.45, 2.75) is 19.9 Å². The van der Waals surface area contributed by atoms with Crippen LogP contribution < -0.4 is 5.56 Å². The quantitative estimate of drug-likeness (QED) is 0.526. The molecule has 0 aliphatic heterocycles. The van der Waals surface area contributed by atoms with Crippen LogP contribution in [0, 0.1) is 0 Å². The summed E-state index contributed by atoms with van der Waals surface area (Å²) in [6, 6.07) is 13.9. The second kappa shape index (κ2) is 7.07. The summed E-state index contributed by atoms with van der Waals surface area (Å²) < 4.78 is 1.27. The molecule has 4 rings (SSSR count). The largest absolute Gasteiger partial charge is 0.493 e. The van der Waals surface area contributed by atoms with Crippen molar-refractivity contribution in [3.05, 3.63) is 64.6 Å². The number of aryl methyl sites for hydroxylation is 1. The van der Waals surface area contributed by atoms with Crippen LogP contribution in [0.1, 0.15) is 23.8 Å². The van der Waals surface area contributed by atoms with Gasteiger partial charge in [0.2, 0.25) is 5.88 Å². The van der Waals surface area contributed by atoms with E-state index in [0.717, 1.165) is 0 Å². The molecule has 0 unspecified atom stereocenters. The van der Waals surface area contributed by atoms with Gasteiger partial charge in [0, 0.05) is 17.3 Å². The third-order valence-electron chi connectivity index (χ3n) is 4.41. The number of para-hydroxylation sites is 1. The van der Waals surface area contributed by atoms with Crippen LogP contribution in [0.5, 0.6) is 5.88 Å². The van der Waals surface area contributed by atoms with Crippen LogP contribution in [0.25, 0.3) is 21.7 Å². The maximum Gasteiger partial charge on any atom is 0.316 e. The van der Waals surface area contributed by atoms with Crippen LogP contribution in [0.15, 0.2) is 63.6 Å². The number of rotatable bonds is 4. The smallest absolute Gasteiger partial charge is 0.316 e. The lowest BCUT2D eigenvalue weighted by Gasteiger charge is -2.07. The van der Waals surface area contributed by atoms with Crippen molar-refractivity contribution in [3.63, 3.8) is 0 Å². The molecule has 2 aromatic carbocycles. The molecule has 4 aromatic rings. The molecule has 0 aliphatic rings. The summed E-state index contributed by atoms with van der Waals surface area (Å²) in [5, 5.41) is 23.4. The maximum absolute atomic E-state index is 12.7. The Hall–Kier alpha value is -3.81. The van der Waals surface area contributed by atoms with E-state index in [9.17, 15) is 14.7 Å². The topological polar surface area (TPSA) is 113 Å². The SMILES string of the molecule is CCCn1nc(C(=O)N=Nc2c(O)[nH]c3ccccc23)c2ccccc2c1=O. The predicted molar refractivity (Wildman–Crippen MR) is 105 cm³/mol. The van der Waals surface area contributed by atoms with E-state index in [-0.39, 0.29) is 22.8 Å². The Morgan fingerprint density at radius 3 is 2.54 bits per heavy atom. The van der Waals surface area contributed by atoms with Crippen LogP contribution in [0.2, 0.25) is 0 Å². The van der Waals surface area contributed by atoms with Crippen molar-refractivity contribution in [3.8, 4) is 5.88 Å². The molecule has 2 heterocycles. The van der Waals surface area contributed by atoms with Gasteiger partial charge in [0.25, 0.3) is 5.56 Å². The number of carbonyl (C=O) groups is 1. The average Bonchev–Trinajstić information content (AvgIpc) is 3.03. The van der Waals surface area contributed by atoms with E-state index in [0.29, 0.717) is 34.6 Å². The summed E-state index contributed by atoms with van der Waals surface area (Å²) >= 11 is 0. The molecule has 8 nitrogen and oxygen atoms in total. The van der Waals surface area contributed by atoms with E-state index < -0.39 is 5.91 Å². The van der Waals surface area contributed by atoms with Crippen molar-refractivity contribution < 1.29 is 9.90 Å². The summed E-state index contributed by atoms with van der Waals surface area (Å²) in [5.41, 5.74) is 0.656. The van der Waals surface area contributed by atoms with E-state index in [1.54, 1.807) is 42.5 Å². The van der Waals surface area contributed by atoms with E-state index in [1.165, 1.54) is 4.68 Å². The molecule has 0 fully saturated rings. The van der Waals surface area contributed by atoms with Crippen LogP contribution in [-0.2, 0) is 6.54 Å². The van der Waals surface area contributed by atoms with E-state index in [2.05, 4.69) is 20.3 Å². The minimum Gasteiger partial charge on any atom is -0.493 e. The fraction of sp³-hybridized carbons (Fsp3) is 0.150. The van der Waals surface area contributed by atoms with Crippen molar-refractivity contribution in [2.75, 3.05) is 0 Å². The van der Waals surface area contributed by atoms with E-state index in [1.807, 2.05) is 13.0 Å². The lowest BCUT2D eigenvalue weighted by molar-refractivity contribution is 0.0989. The highest BCUT2D eigenvalue weighted by Crippen LogP contribution is 2.35. The van der Waals surface area contributed by atoms with Crippen LogP contribution in [0.3, 0.4) is 0 Å². The highest BCUT2D eigenvalue weighted by atomic mass is 16.3. The summed E-state index contributed by atoms with van der Waals surface area (Å²) in [7, 11) is 0. The van der Waals surface area contributed by atoms with Crippen molar-refractivity contribution >= 4 is 33.3 Å². The fourth-order valence-electron chi connectivity index (χ4n) is 3.11. The lowest BCUT2D eigenvalue weighted by Crippen LogP contribution is -2.25. The summed E-state index contributed by atoms with van der Waals surface area (Å²) in [5.74, 6) is -0.864. The zero-order chi connectivity index (χ0) is 19.7. The van der Waals surface area contributed by atoms with E-state index >= 15 is 0 Å². The third-order valence-corrected chi connectivity index (χ3v) is 4.41. The zero-order valence-electron chi connectivity index (χ0n) is 15.1. The molecule has 2 N–H and O–H groups in total. The molecule has 0 spiro atoms. The van der Waals surface area contributed by atoms with Gasteiger partial charge in [0.1, 0.15) is 0 Å². The van der Waals surface area contributed by atoms with Crippen LogP contribution >= 0.6 is 0 Å². The zero-order valence-corrected chi connectivity index (χ0v) is 15.1. The molecule has 28 heavy (non-hydrogen) atoms. The predicted octanol–water partition coefficient (Wildman–Crippen LogP) is 3.92. The number of benzene rings is 2. The third kappa shape index (κ3) is 2.94. The van der Waals surface area contributed by atoms with E-state index in [4.69, 9.17) is 0 Å². The number of aromatic amines is 1. The molecular formula is C20H17N5O3. The number of H-pyrrole nitrogens is 1. The Bertz CT molecular complexity index is 1290. The molecule has 1 amide bonds. The molecular weight excluding hydrogens is 358 g/mol. The lowest BCUT2D eigenvalue weighted by atomic mass is 10.1. The number of nitrogens with zero attached hydrogens (tertiary/aromatic N) is 4. The van der Waals surface area contributed by atoms with Gasteiger partial charge in [-0.1, -0.05) is 43.3 Å². The van der Waals surface area contributed by atoms with Gasteiger partial charge in [-0.25, -0.2) is 4.68 Å². The van der Waals surface area contributed by atoms with Gasteiger partial charge in [-0.15, -0.1) is 10.2 Å². The standard InChI is InChI=1S/C20H17N5O3/c1-2-11-25-20(28)13-8-4-3-7-12(13)17(24-25)19(27)23-22-16-14-9-5-6-10-15(14)21-18(16)26/h3-10,21,26H,2,11H2,1H3.